The maximum absolute atomic E-state index is 11.0. The summed E-state index contributed by atoms with van der Waals surface area (Å²) in [5.74, 6) is 1.22. The van der Waals surface area contributed by atoms with Gasteiger partial charge >= 0.3 is 0 Å². The molecular formula is C16H13ClN4O3. The number of hydrogen-bond donors (Lipinski definition) is 0. The van der Waals surface area contributed by atoms with E-state index in [1.54, 1.807) is 25.1 Å². The van der Waals surface area contributed by atoms with Crippen LogP contribution in [0.15, 0.2) is 42.5 Å². The molecule has 0 spiro atoms. The molecule has 1 aromatic heterocycles. The van der Waals surface area contributed by atoms with Crippen molar-refractivity contribution in [2.45, 2.75) is 0 Å². The molecule has 0 saturated heterocycles. The Balaban J connectivity index is 2.15. The molecule has 0 radical (unpaired) electrons. The van der Waals surface area contributed by atoms with Gasteiger partial charge in [0, 0.05) is 24.9 Å². The molecule has 0 N–H and O–H groups in total. The summed E-state index contributed by atoms with van der Waals surface area (Å²) in [6, 6.07) is 11.8. The molecule has 0 aliphatic heterocycles. The van der Waals surface area contributed by atoms with E-state index in [1.807, 2.05) is 24.3 Å². The third-order valence-electron chi connectivity index (χ3n) is 3.62. The first kappa shape index (κ1) is 15.9. The fourth-order valence-electron chi connectivity index (χ4n) is 2.37. The number of benzene rings is 2. The van der Waals surface area contributed by atoms with E-state index in [0.717, 1.165) is 11.4 Å². The van der Waals surface area contributed by atoms with Crippen LogP contribution in [-0.2, 0) is 0 Å². The topological polar surface area (TPSA) is 81.4 Å². The van der Waals surface area contributed by atoms with Crippen LogP contribution in [0, 0.1) is 10.1 Å². The van der Waals surface area contributed by atoms with Crippen molar-refractivity contribution in [3.8, 4) is 5.75 Å². The zero-order valence-corrected chi connectivity index (χ0v) is 13.7. The monoisotopic (exact) mass is 344 g/mol. The number of fused-ring (bicyclic) bond motifs is 1. The number of nitro benzene ring substituents is 1. The van der Waals surface area contributed by atoms with E-state index in [-0.39, 0.29) is 11.0 Å². The molecule has 7 nitrogen and oxygen atoms in total. The van der Waals surface area contributed by atoms with E-state index in [1.165, 1.54) is 12.1 Å². The van der Waals surface area contributed by atoms with Crippen molar-refractivity contribution in [1.82, 2.24) is 9.97 Å². The number of non-ortho nitro benzene ring substituents is 1. The Morgan fingerprint density at radius 3 is 2.50 bits per heavy atom. The number of ether oxygens (including phenoxy) is 1. The highest BCUT2D eigenvalue weighted by molar-refractivity contribution is 6.28. The third kappa shape index (κ3) is 2.93. The van der Waals surface area contributed by atoms with Gasteiger partial charge in [-0.15, -0.1) is 0 Å². The van der Waals surface area contributed by atoms with Gasteiger partial charge in [0.05, 0.1) is 22.9 Å². The zero-order valence-electron chi connectivity index (χ0n) is 12.9. The highest BCUT2D eigenvalue weighted by Gasteiger charge is 2.16. The highest BCUT2D eigenvalue weighted by atomic mass is 35.5. The Bertz CT molecular complexity index is 915. The fraction of sp³-hybridized carbons (Fsp3) is 0.125. The minimum Gasteiger partial charge on any atom is -0.497 e. The van der Waals surface area contributed by atoms with E-state index in [0.29, 0.717) is 16.7 Å². The van der Waals surface area contributed by atoms with E-state index in [4.69, 9.17) is 16.3 Å². The fourth-order valence-corrected chi connectivity index (χ4v) is 2.54. The van der Waals surface area contributed by atoms with Crippen molar-refractivity contribution >= 4 is 39.7 Å². The predicted octanol–water partition coefficient (Wildman–Crippen LogP) is 3.97. The maximum Gasteiger partial charge on any atom is 0.270 e. The molecule has 3 rings (SSSR count). The third-order valence-corrected chi connectivity index (χ3v) is 3.79. The molecule has 0 bridgehead atoms. The van der Waals surface area contributed by atoms with Gasteiger partial charge in [-0.1, -0.05) is 0 Å². The van der Waals surface area contributed by atoms with Gasteiger partial charge in [-0.3, -0.25) is 10.1 Å². The van der Waals surface area contributed by atoms with Crippen molar-refractivity contribution in [1.29, 1.82) is 0 Å². The molecule has 8 heteroatoms. The van der Waals surface area contributed by atoms with Crippen molar-refractivity contribution in [3.63, 3.8) is 0 Å². The number of nitrogens with zero attached hydrogens (tertiary/aromatic N) is 4. The molecule has 0 unspecified atom stereocenters. The molecule has 0 fully saturated rings. The number of anilines is 2. The maximum atomic E-state index is 11.0. The van der Waals surface area contributed by atoms with Crippen LogP contribution in [0.25, 0.3) is 10.9 Å². The van der Waals surface area contributed by atoms with Gasteiger partial charge < -0.3 is 9.64 Å². The molecule has 3 aromatic rings. The normalized spacial score (nSPS) is 10.6. The van der Waals surface area contributed by atoms with Crippen LogP contribution in [0.1, 0.15) is 0 Å². The molecule has 0 saturated carbocycles. The first-order valence-corrected chi connectivity index (χ1v) is 7.37. The standard InChI is InChI=1S/C16H13ClN4O3/c1-20(10-3-6-12(24-2)7-4-10)15-13-9-11(21(22)23)5-8-14(13)18-16(17)19-15/h3-9H,1-2H3. The van der Waals surface area contributed by atoms with Crippen molar-refractivity contribution < 1.29 is 9.66 Å². The second kappa shape index (κ2) is 6.29. The van der Waals surface area contributed by atoms with Crippen LogP contribution in [0.4, 0.5) is 17.2 Å². The lowest BCUT2D eigenvalue weighted by molar-refractivity contribution is -0.384. The van der Waals surface area contributed by atoms with Gasteiger partial charge in [0.15, 0.2) is 0 Å². The quantitative estimate of drug-likeness (QED) is 0.404. The van der Waals surface area contributed by atoms with Gasteiger partial charge in [-0.05, 0) is 41.9 Å². The van der Waals surface area contributed by atoms with E-state index >= 15 is 0 Å². The van der Waals surface area contributed by atoms with Crippen LogP contribution in [-0.4, -0.2) is 29.0 Å². The van der Waals surface area contributed by atoms with Crippen molar-refractivity contribution in [2.75, 3.05) is 19.1 Å². The van der Waals surface area contributed by atoms with E-state index in [2.05, 4.69) is 9.97 Å². The number of hydrogen-bond acceptors (Lipinski definition) is 6. The first-order chi connectivity index (χ1) is 11.5. The smallest absolute Gasteiger partial charge is 0.270 e. The van der Waals surface area contributed by atoms with Gasteiger partial charge in [0.1, 0.15) is 11.6 Å². The number of methoxy groups -OCH3 is 1. The number of halogens is 1. The molecule has 122 valence electrons. The van der Waals surface area contributed by atoms with E-state index < -0.39 is 4.92 Å². The van der Waals surface area contributed by atoms with E-state index in [9.17, 15) is 10.1 Å². The van der Waals surface area contributed by atoms with Gasteiger partial charge in [-0.2, -0.15) is 4.98 Å². The summed E-state index contributed by atoms with van der Waals surface area (Å²) >= 11 is 6.00. The van der Waals surface area contributed by atoms with Crippen molar-refractivity contribution in [3.05, 3.63) is 57.9 Å². The Kier molecular flexibility index (Phi) is 4.18. The van der Waals surface area contributed by atoms with Crippen LogP contribution in [0.3, 0.4) is 0 Å². The zero-order chi connectivity index (χ0) is 17.3. The summed E-state index contributed by atoms with van der Waals surface area (Å²) in [4.78, 5) is 20.8. The molecule has 0 atom stereocenters. The van der Waals surface area contributed by atoms with Gasteiger partial charge in [0.2, 0.25) is 5.28 Å². The summed E-state index contributed by atoms with van der Waals surface area (Å²) in [7, 11) is 3.40. The van der Waals surface area contributed by atoms with Crippen LogP contribution in [0.2, 0.25) is 5.28 Å². The van der Waals surface area contributed by atoms with Crippen molar-refractivity contribution in [2.24, 2.45) is 0 Å². The second-order valence-electron chi connectivity index (χ2n) is 5.03. The second-order valence-corrected chi connectivity index (χ2v) is 5.37. The minimum atomic E-state index is -0.453. The van der Waals surface area contributed by atoms with Crippen LogP contribution >= 0.6 is 11.6 Å². The largest absolute Gasteiger partial charge is 0.497 e. The van der Waals surface area contributed by atoms with Crippen LogP contribution in [0.5, 0.6) is 5.75 Å². The number of nitro groups is 1. The SMILES string of the molecule is COc1ccc(N(C)c2nc(Cl)nc3ccc([N+](=O)[O-])cc23)cc1. The molecule has 0 aliphatic carbocycles. The first-order valence-electron chi connectivity index (χ1n) is 6.99. The lowest BCUT2D eigenvalue weighted by Crippen LogP contribution is -2.12. The summed E-state index contributed by atoms with van der Waals surface area (Å²) in [6.45, 7) is 0. The minimum absolute atomic E-state index is 0.0298. The molecule has 2 aromatic carbocycles. The summed E-state index contributed by atoms with van der Waals surface area (Å²) in [6.07, 6.45) is 0. The summed E-state index contributed by atoms with van der Waals surface area (Å²) in [5, 5.41) is 11.7. The van der Waals surface area contributed by atoms with Gasteiger partial charge in [-0.25, -0.2) is 4.98 Å². The molecule has 0 amide bonds. The predicted molar refractivity (Wildman–Crippen MR) is 92.3 cm³/mol. The Morgan fingerprint density at radius 1 is 1.17 bits per heavy atom. The average Bonchev–Trinajstić information content (AvgIpc) is 2.60. The lowest BCUT2D eigenvalue weighted by atomic mass is 10.2. The molecule has 1 heterocycles. The average molecular weight is 345 g/mol. The molecular weight excluding hydrogens is 332 g/mol. The lowest BCUT2D eigenvalue weighted by Gasteiger charge is -2.20. The Morgan fingerprint density at radius 2 is 1.88 bits per heavy atom. The molecule has 24 heavy (non-hydrogen) atoms. The summed E-state index contributed by atoms with van der Waals surface area (Å²) < 4.78 is 5.15. The highest BCUT2D eigenvalue weighted by Crippen LogP contribution is 2.32. The Hall–Kier alpha value is -2.93. The van der Waals surface area contributed by atoms with Gasteiger partial charge in [0.25, 0.3) is 5.69 Å². The molecule has 0 aliphatic rings. The number of rotatable bonds is 4. The summed E-state index contributed by atoms with van der Waals surface area (Å²) in [5.41, 5.74) is 1.34. The Labute approximate surface area is 142 Å². The van der Waals surface area contributed by atoms with Crippen LogP contribution < -0.4 is 9.64 Å². The number of aromatic nitrogens is 2.